The van der Waals surface area contributed by atoms with Crippen LogP contribution in [-0.4, -0.2) is 40.8 Å². The lowest BCUT2D eigenvalue weighted by molar-refractivity contribution is -0.135. The van der Waals surface area contributed by atoms with Crippen LogP contribution in [0.4, 0.5) is 0 Å². The van der Waals surface area contributed by atoms with Gasteiger partial charge in [0.05, 0.1) is 24.7 Å². The summed E-state index contributed by atoms with van der Waals surface area (Å²) in [4.78, 5) is 31.6. The summed E-state index contributed by atoms with van der Waals surface area (Å²) in [5, 5.41) is 6.36. The fourth-order valence-electron chi connectivity index (χ4n) is 3.87. The van der Waals surface area contributed by atoms with E-state index in [-0.39, 0.29) is 30.3 Å². The molecular formula is C23H30N4O2. The predicted molar refractivity (Wildman–Crippen MR) is 113 cm³/mol. The average Bonchev–Trinajstić information content (AvgIpc) is 3.02. The molecule has 6 nitrogen and oxygen atoms in total. The molecule has 1 aliphatic heterocycles. The van der Waals surface area contributed by atoms with Gasteiger partial charge in [-0.25, -0.2) is 0 Å². The molecular weight excluding hydrogens is 364 g/mol. The summed E-state index contributed by atoms with van der Waals surface area (Å²) in [5.41, 5.74) is 1.82. The van der Waals surface area contributed by atoms with E-state index >= 15 is 0 Å². The summed E-state index contributed by atoms with van der Waals surface area (Å²) in [5.74, 6) is -0.0910. The minimum absolute atomic E-state index is 0.0464. The van der Waals surface area contributed by atoms with Gasteiger partial charge >= 0.3 is 0 Å². The van der Waals surface area contributed by atoms with Gasteiger partial charge in [0.1, 0.15) is 0 Å². The third-order valence-corrected chi connectivity index (χ3v) is 5.32. The molecule has 2 aromatic rings. The second kappa shape index (κ2) is 10.7. The molecule has 2 amide bonds. The van der Waals surface area contributed by atoms with E-state index in [9.17, 15) is 9.59 Å². The second-order valence-corrected chi connectivity index (χ2v) is 7.55. The molecule has 2 N–H and O–H groups in total. The van der Waals surface area contributed by atoms with Gasteiger partial charge in [-0.2, -0.15) is 0 Å². The molecule has 2 unspecified atom stereocenters. The van der Waals surface area contributed by atoms with Gasteiger partial charge in [0.15, 0.2) is 0 Å². The van der Waals surface area contributed by atoms with Crippen LogP contribution < -0.4 is 10.6 Å². The van der Waals surface area contributed by atoms with Gasteiger partial charge in [0.2, 0.25) is 11.8 Å². The van der Waals surface area contributed by atoms with Gasteiger partial charge in [0, 0.05) is 19.2 Å². The Kier molecular flexibility index (Phi) is 7.76. The quantitative estimate of drug-likeness (QED) is 0.757. The SMILES string of the molecule is CC(=O)NC(CC(=O)N(Cc1ccccn1)C1CCCNCC1)c1ccccc1. The number of aromatic nitrogens is 1. The molecule has 2 atom stereocenters. The number of nitrogens with zero attached hydrogens (tertiary/aromatic N) is 2. The second-order valence-electron chi connectivity index (χ2n) is 7.55. The molecule has 0 aliphatic carbocycles. The van der Waals surface area contributed by atoms with E-state index in [2.05, 4.69) is 15.6 Å². The van der Waals surface area contributed by atoms with Crippen LogP contribution in [0.25, 0.3) is 0 Å². The maximum absolute atomic E-state index is 13.5. The molecule has 1 fully saturated rings. The van der Waals surface area contributed by atoms with E-state index in [1.165, 1.54) is 6.92 Å². The van der Waals surface area contributed by atoms with E-state index in [4.69, 9.17) is 0 Å². The summed E-state index contributed by atoms with van der Waals surface area (Å²) < 4.78 is 0. The smallest absolute Gasteiger partial charge is 0.225 e. The van der Waals surface area contributed by atoms with Crippen LogP contribution in [0, 0.1) is 0 Å². The fraction of sp³-hybridized carbons (Fsp3) is 0.435. The number of hydrogen-bond donors (Lipinski definition) is 2. The molecule has 0 spiro atoms. The molecule has 0 saturated carbocycles. The summed E-state index contributed by atoms with van der Waals surface area (Å²) in [6.45, 7) is 3.88. The van der Waals surface area contributed by atoms with Crippen molar-refractivity contribution in [2.45, 2.75) is 51.2 Å². The standard InChI is InChI=1S/C23H30N4O2/c1-18(28)26-22(19-8-3-2-4-9-19)16-23(29)27(17-20-10-5-6-14-25-20)21-11-7-13-24-15-12-21/h2-6,8-10,14,21-22,24H,7,11-13,15-17H2,1H3,(H,26,28). The van der Waals surface area contributed by atoms with Crippen LogP contribution in [-0.2, 0) is 16.1 Å². The van der Waals surface area contributed by atoms with Crippen molar-refractivity contribution in [1.82, 2.24) is 20.5 Å². The topological polar surface area (TPSA) is 74.3 Å². The van der Waals surface area contributed by atoms with Gasteiger partial charge in [-0.05, 0) is 50.0 Å². The number of benzene rings is 1. The number of carbonyl (C=O) groups is 2. The number of nitrogens with one attached hydrogen (secondary N) is 2. The number of carbonyl (C=O) groups excluding carboxylic acids is 2. The Labute approximate surface area is 172 Å². The highest BCUT2D eigenvalue weighted by Gasteiger charge is 2.28. The Morgan fingerprint density at radius 3 is 2.66 bits per heavy atom. The fourth-order valence-corrected chi connectivity index (χ4v) is 3.87. The number of amides is 2. The normalized spacial score (nSPS) is 17.8. The molecule has 1 aliphatic rings. The first kappa shape index (κ1) is 21.0. The molecule has 1 saturated heterocycles. The third-order valence-electron chi connectivity index (χ3n) is 5.32. The lowest BCUT2D eigenvalue weighted by atomic mass is 10.0. The highest BCUT2D eigenvalue weighted by Crippen LogP contribution is 2.22. The Bertz CT molecular complexity index is 774. The van der Waals surface area contributed by atoms with Crippen molar-refractivity contribution in [2.24, 2.45) is 0 Å². The summed E-state index contributed by atoms with van der Waals surface area (Å²) >= 11 is 0. The third kappa shape index (κ3) is 6.39. The van der Waals surface area contributed by atoms with Crippen LogP contribution in [0.5, 0.6) is 0 Å². The molecule has 0 bridgehead atoms. The summed E-state index contributed by atoms with van der Waals surface area (Å²) in [6.07, 6.45) is 4.94. The number of hydrogen-bond acceptors (Lipinski definition) is 4. The van der Waals surface area contributed by atoms with Crippen molar-refractivity contribution >= 4 is 11.8 Å². The van der Waals surface area contributed by atoms with Gasteiger partial charge in [-0.1, -0.05) is 36.4 Å². The minimum atomic E-state index is -0.337. The minimum Gasteiger partial charge on any atom is -0.349 e. The van der Waals surface area contributed by atoms with Crippen molar-refractivity contribution in [3.8, 4) is 0 Å². The van der Waals surface area contributed by atoms with Gasteiger partial charge in [-0.3, -0.25) is 14.6 Å². The van der Waals surface area contributed by atoms with Gasteiger partial charge < -0.3 is 15.5 Å². The summed E-state index contributed by atoms with van der Waals surface area (Å²) in [7, 11) is 0. The maximum atomic E-state index is 13.5. The Balaban J connectivity index is 1.80. The first-order chi connectivity index (χ1) is 14.1. The van der Waals surface area contributed by atoms with Gasteiger partial charge in [-0.15, -0.1) is 0 Å². The molecule has 0 radical (unpaired) electrons. The molecule has 3 rings (SSSR count). The molecule has 2 heterocycles. The molecule has 29 heavy (non-hydrogen) atoms. The monoisotopic (exact) mass is 394 g/mol. The lowest BCUT2D eigenvalue weighted by Gasteiger charge is -2.32. The number of pyridine rings is 1. The van der Waals surface area contributed by atoms with Crippen LogP contribution >= 0.6 is 0 Å². The van der Waals surface area contributed by atoms with Crippen LogP contribution in [0.15, 0.2) is 54.7 Å². The van der Waals surface area contributed by atoms with Crippen LogP contribution in [0.3, 0.4) is 0 Å². The zero-order chi connectivity index (χ0) is 20.5. The molecule has 154 valence electrons. The van der Waals surface area contributed by atoms with Crippen molar-refractivity contribution in [2.75, 3.05) is 13.1 Å². The van der Waals surface area contributed by atoms with Crippen LogP contribution in [0.2, 0.25) is 0 Å². The van der Waals surface area contributed by atoms with E-state index in [0.29, 0.717) is 6.54 Å². The van der Waals surface area contributed by atoms with Crippen molar-refractivity contribution in [3.05, 3.63) is 66.0 Å². The molecule has 6 heteroatoms. The molecule has 1 aromatic heterocycles. The highest BCUT2D eigenvalue weighted by molar-refractivity contribution is 5.79. The van der Waals surface area contributed by atoms with E-state index in [0.717, 1.165) is 43.6 Å². The van der Waals surface area contributed by atoms with Gasteiger partial charge in [0.25, 0.3) is 0 Å². The Morgan fingerprint density at radius 1 is 1.14 bits per heavy atom. The lowest BCUT2D eigenvalue weighted by Crippen LogP contribution is -2.42. The van der Waals surface area contributed by atoms with Crippen molar-refractivity contribution < 1.29 is 9.59 Å². The van der Waals surface area contributed by atoms with Crippen LogP contribution in [0.1, 0.15) is 49.9 Å². The van der Waals surface area contributed by atoms with E-state index in [1.807, 2.05) is 53.4 Å². The first-order valence-corrected chi connectivity index (χ1v) is 10.4. The largest absolute Gasteiger partial charge is 0.349 e. The van der Waals surface area contributed by atoms with E-state index in [1.54, 1.807) is 6.20 Å². The predicted octanol–water partition coefficient (Wildman–Crippen LogP) is 2.82. The average molecular weight is 395 g/mol. The highest BCUT2D eigenvalue weighted by atomic mass is 16.2. The first-order valence-electron chi connectivity index (χ1n) is 10.4. The van der Waals surface area contributed by atoms with Crippen molar-refractivity contribution in [1.29, 1.82) is 0 Å². The Hall–Kier alpha value is -2.73. The molecule has 1 aromatic carbocycles. The van der Waals surface area contributed by atoms with Crippen molar-refractivity contribution in [3.63, 3.8) is 0 Å². The maximum Gasteiger partial charge on any atom is 0.225 e. The summed E-state index contributed by atoms with van der Waals surface area (Å²) in [6, 6.07) is 15.3. The number of rotatable bonds is 7. The van der Waals surface area contributed by atoms with E-state index < -0.39 is 0 Å². The zero-order valence-electron chi connectivity index (χ0n) is 17.0. The Morgan fingerprint density at radius 2 is 1.93 bits per heavy atom. The zero-order valence-corrected chi connectivity index (χ0v) is 17.0.